The molecule has 0 aliphatic heterocycles. The van der Waals surface area contributed by atoms with Crippen LogP contribution in [0.5, 0.6) is 0 Å². The van der Waals surface area contributed by atoms with Crippen LogP contribution in [0, 0.1) is 0 Å². The number of alkyl halides is 2. The number of carbonyl (C=O) groups is 1. The molecule has 0 fully saturated rings. The van der Waals surface area contributed by atoms with E-state index in [1.165, 1.54) is 0 Å². The maximum atomic E-state index is 11.9. The van der Waals surface area contributed by atoms with Crippen molar-refractivity contribution in [3.63, 3.8) is 0 Å². The lowest BCUT2D eigenvalue weighted by Gasteiger charge is -2.03. The van der Waals surface area contributed by atoms with Crippen LogP contribution in [0.3, 0.4) is 0 Å². The van der Waals surface area contributed by atoms with E-state index < -0.39 is 18.9 Å². The van der Waals surface area contributed by atoms with Crippen molar-refractivity contribution in [1.82, 2.24) is 4.57 Å². The van der Waals surface area contributed by atoms with Crippen LogP contribution in [0.1, 0.15) is 10.5 Å². The first-order valence-electron chi connectivity index (χ1n) is 3.38. The molecule has 72 valence electrons. The van der Waals surface area contributed by atoms with Gasteiger partial charge in [-0.05, 0) is 6.07 Å². The summed E-state index contributed by atoms with van der Waals surface area (Å²) in [6.07, 6.45) is -1.43. The van der Waals surface area contributed by atoms with E-state index in [1.54, 1.807) is 0 Å². The zero-order valence-corrected chi connectivity index (χ0v) is 7.13. The summed E-state index contributed by atoms with van der Waals surface area (Å²) >= 11 is 5.46. The van der Waals surface area contributed by atoms with Gasteiger partial charge in [0.2, 0.25) is 0 Å². The zero-order chi connectivity index (χ0) is 10.0. The highest BCUT2D eigenvalue weighted by Gasteiger charge is 2.14. The van der Waals surface area contributed by atoms with Crippen LogP contribution in [0.2, 0.25) is 5.02 Å². The number of carboxylic acid groups (broad SMARTS) is 1. The molecular formula is C7H6ClF2NO2. The maximum absolute atomic E-state index is 11.9. The number of carboxylic acids is 1. The molecule has 6 heteroatoms. The highest BCUT2D eigenvalue weighted by atomic mass is 35.5. The molecule has 0 saturated carbocycles. The average Bonchev–Trinajstić information content (AvgIpc) is 2.29. The standard InChI is InChI=1S/C7H6ClF2NO2/c8-4-1-5(7(12)13)11(2-4)3-6(9)10/h1-2,6H,3H2,(H,12,13). The lowest BCUT2D eigenvalue weighted by atomic mass is 10.4. The van der Waals surface area contributed by atoms with Gasteiger partial charge in [0.05, 0.1) is 11.6 Å². The van der Waals surface area contributed by atoms with Gasteiger partial charge >= 0.3 is 5.97 Å². The van der Waals surface area contributed by atoms with Crippen molar-refractivity contribution in [3.05, 3.63) is 23.0 Å². The summed E-state index contributed by atoms with van der Waals surface area (Å²) in [5, 5.41) is 8.70. The van der Waals surface area contributed by atoms with E-state index in [9.17, 15) is 13.6 Å². The molecule has 0 spiro atoms. The number of halogens is 3. The van der Waals surface area contributed by atoms with Gasteiger partial charge in [0, 0.05) is 6.20 Å². The molecule has 1 aromatic heterocycles. The normalized spacial score (nSPS) is 10.8. The molecule has 0 amide bonds. The summed E-state index contributed by atoms with van der Waals surface area (Å²) in [6, 6.07) is 1.13. The third-order valence-corrected chi connectivity index (χ3v) is 1.62. The fourth-order valence-electron chi connectivity index (χ4n) is 0.954. The van der Waals surface area contributed by atoms with E-state index in [1.807, 2.05) is 0 Å². The van der Waals surface area contributed by atoms with Gasteiger partial charge in [-0.2, -0.15) is 0 Å². The maximum Gasteiger partial charge on any atom is 0.352 e. The highest BCUT2D eigenvalue weighted by molar-refractivity contribution is 6.30. The third kappa shape index (κ3) is 2.42. The Labute approximate surface area is 77.5 Å². The van der Waals surface area contributed by atoms with E-state index in [4.69, 9.17) is 16.7 Å². The second kappa shape index (κ2) is 3.74. The Morgan fingerprint density at radius 3 is 2.77 bits per heavy atom. The molecule has 3 nitrogen and oxygen atoms in total. The van der Waals surface area contributed by atoms with Crippen LogP contribution in [0.15, 0.2) is 12.3 Å². The minimum Gasteiger partial charge on any atom is -0.477 e. The molecule has 0 aliphatic rings. The highest BCUT2D eigenvalue weighted by Crippen LogP contribution is 2.15. The van der Waals surface area contributed by atoms with Gasteiger partial charge in [-0.25, -0.2) is 13.6 Å². The van der Waals surface area contributed by atoms with Gasteiger partial charge in [-0.3, -0.25) is 0 Å². The van der Waals surface area contributed by atoms with Crippen LogP contribution >= 0.6 is 11.6 Å². The van der Waals surface area contributed by atoms with Gasteiger partial charge < -0.3 is 9.67 Å². The third-order valence-electron chi connectivity index (χ3n) is 1.42. The Kier molecular flexibility index (Phi) is 2.87. The van der Waals surface area contributed by atoms with Crippen LogP contribution in [-0.4, -0.2) is 22.1 Å². The van der Waals surface area contributed by atoms with Crippen LogP contribution < -0.4 is 0 Å². The fourth-order valence-corrected chi connectivity index (χ4v) is 1.17. The van der Waals surface area contributed by atoms with Crippen LogP contribution in [-0.2, 0) is 6.54 Å². The first-order chi connectivity index (χ1) is 6.00. The molecule has 0 aliphatic carbocycles. The topological polar surface area (TPSA) is 42.2 Å². The van der Waals surface area contributed by atoms with E-state index in [0.717, 1.165) is 16.8 Å². The smallest absolute Gasteiger partial charge is 0.352 e. The molecule has 0 unspecified atom stereocenters. The molecule has 1 aromatic rings. The molecule has 13 heavy (non-hydrogen) atoms. The lowest BCUT2D eigenvalue weighted by molar-refractivity contribution is 0.0676. The summed E-state index contributed by atoms with van der Waals surface area (Å²) in [6.45, 7) is -0.658. The van der Waals surface area contributed by atoms with Gasteiger partial charge in [0.25, 0.3) is 6.43 Å². The van der Waals surface area contributed by atoms with Gasteiger partial charge in [0.15, 0.2) is 0 Å². The zero-order valence-electron chi connectivity index (χ0n) is 6.38. The molecule has 0 bridgehead atoms. The number of aromatic carboxylic acids is 1. The SMILES string of the molecule is O=C(O)c1cc(Cl)cn1CC(F)F. The van der Waals surface area contributed by atoms with Crippen molar-refractivity contribution in [3.8, 4) is 0 Å². The molecule has 0 radical (unpaired) electrons. The van der Waals surface area contributed by atoms with E-state index >= 15 is 0 Å². The number of rotatable bonds is 3. The minimum atomic E-state index is -2.60. The molecule has 0 aromatic carbocycles. The Morgan fingerprint density at radius 2 is 2.31 bits per heavy atom. The van der Waals surface area contributed by atoms with Crippen molar-refractivity contribution in [2.45, 2.75) is 13.0 Å². The Hall–Kier alpha value is -1.10. The van der Waals surface area contributed by atoms with Crippen molar-refractivity contribution in [2.75, 3.05) is 0 Å². The van der Waals surface area contributed by atoms with E-state index in [-0.39, 0.29) is 10.7 Å². The molecule has 1 N–H and O–H groups in total. The Bertz CT molecular complexity index is 324. The summed E-state index contributed by atoms with van der Waals surface area (Å²) in [5.41, 5.74) is -0.231. The molecule has 0 saturated heterocycles. The summed E-state index contributed by atoms with van der Waals surface area (Å²) < 4.78 is 24.7. The predicted molar refractivity (Wildman–Crippen MR) is 42.4 cm³/mol. The summed E-state index contributed by atoms with van der Waals surface area (Å²) in [5.74, 6) is -1.27. The number of hydrogen-bond acceptors (Lipinski definition) is 1. The molecule has 1 heterocycles. The van der Waals surface area contributed by atoms with Crippen LogP contribution in [0.4, 0.5) is 8.78 Å². The van der Waals surface area contributed by atoms with Gasteiger partial charge in [-0.1, -0.05) is 11.6 Å². The van der Waals surface area contributed by atoms with Crippen molar-refractivity contribution >= 4 is 17.6 Å². The Balaban J connectivity index is 2.97. The fraction of sp³-hybridized carbons (Fsp3) is 0.286. The van der Waals surface area contributed by atoms with E-state index in [2.05, 4.69) is 0 Å². The Morgan fingerprint density at radius 1 is 1.69 bits per heavy atom. The van der Waals surface area contributed by atoms with Crippen molar-refractivity contribution in [2.24, 2.45) is 0 Å². The number of aromatic nitrogens is 1. The monoisotopic (exact) mass is 209 g/mol. The second-order valence-corrected chi connectivity index (χ2v) is 2.83. The first kappa shape index (κ1) is 9.98. The number of nitrogens with zero attached hydrogens (tertiary/aromatic N) is 1. The van der Waals surface area contributed by atoms with Crippen molar-refractivity contribution < 1.29 is 18.7 Å². The molecule has 1 rings (SSSR count). The van der Waals surface area contributed by atoms with Gasteiger partial charge in [0.1, 0.15) is 5.69 Å². The lowest BCUT2D eigenvalue weighted by Crippen LogP contribution is -2.12. The predicted octanol–water partition coefficient (Wildman–Crippen LogP) is 2.10. The minimum absolute atomic E-state index is 0.137. The molecular weight excluding hydrogens is 204 g/mol. The average molecular weight is 210 g/mol. The summed E-state index contributed by atoms with van der Waals surface area (Å²) in [7, 11) is 0. The molecule has 0 atom stereocenters. The quantitative estimate of drug-likeness (QED) is 0.829. The van der Waals surface area contributed by atoms with Crippen LogP contribution in [0.25, 0.3) is 0 Å². The largest absolute Gasteiger partial charge is 0.477 e. The van der Waals surface area contributed by atoms with E-state index in [0.29, 0.717) is 0 Å². The van der Waals surface area contributed by atoms with Gasteiger partial charge in [-0.15, -0.1) is 0 Å². The first-order valence-corrected chi connectivity index (χ1v) is 3.75. The summed E-state index contributed by atoms with van der Waals surface area (Å²) in [4.78, 5) is 10.5. The number of hydrogen-bond donors (Lipinski definition) is 1. The van der Waals surface area contributed by atoms with Crippen molar-refractivity contribution in [1.29, 1.82) is 0 Å². The second-order valence-electron chi connectivity index (χ2n) is 2.39.